The summed E-state index contributed by atoms with van der Waals surface area (Å²) < 4.78 is 7.47. The van der Waals surface area contributed by atoms with Crippen molar-refractivity contribution >= 4 is 5.91 Å². The standard InChI is InChI=1S/C20H30N6O2/c1-5-28-16-8-6-14(7-9-16)17(19-22-23-24-26(19)20(2,3)4)25-12-10-15(11-13-25)18(21)27/h6-9,15,17H,5,10-13H2,1-4H3,(H2,21,27). The largest absolute Gasteiger partial charge is 0.494 e. The Hall–Kier alpha value is -2.48. The SMILES string of the molecule is CCOc1ccc(C(c2nnnn2C(C)(C)C)N2CCC(C(N)=O)CC2)cc1. The highest BCUT2D eigenvalue weighted by Crippen LogP contribution is 2.33. The number of hydrogen-bond acceptors (Lipinski definition) is 6. The Kier molecular flexibility index (Phi) is 5.98. The highest BCUT2D eigenvalue weighted by atomic mass is 16.5. The fourth-order valence-electron chi connectivity index (χ4n) is 3.72. The molecule has 2 N–H and O–H groups in total. The molecule has 1 aromatic heterocycles. The number of aromatic nitrogens is 4. The van der Waals surface area contributed by atoms with Gasteiger partial charge < -0.3 is 10.5 Å². The van der Waals surface area contributed by atoms with E-state index < -0.39 is 0 Å². The van der Waals surface area contributed by atoms with E-state index in [1.807, 2.05) is 23.7 Å². The molecule has 0 spiro atoms. The number of primary amides is 1. The minimum Gasteiger partial charge on any atom is -0.494 e. The molecule has 0 saturated carbocycles. The van der Waals surface area contributed by atoms with Crippen LogP contribution in [0.5, 0.6) is 5.75 Å². The number of carbonyl (C=O) groups is 1. The van der Waals surface area contributed by atoms with Gasteiger partial charge in [-0.3, -0.25) is 9.69 Å². The normalized spacial score (nSPS) is 17.4. The second kappa shape index (κ2) is 8.26. The average Bonchev–Trinajstić information content (AvgIpc) is 3.14. The molecular formula is C20H30N6O2. The molecule has 1 atom stereocenters. The highest BCUT2D eigenvalue weighted by molar-refractivity contribution is 5.76. The van der Waals surface area contributed by atoms with Crippen LogP contribution in [0.1, 0.15) is 58.0 Å². The highest BCUT2D eigenvalue weighted by Gasteiger charge is 2.34. The second-order valence-corrected chi connectivity index (χ2v) is 8.24. The molecule has 2 aromatic rings. The smallest absolute Gasteiger partial charge is 0.220 e. The molecule has 152 valence electrons. The average molecular weight is 387 g/mol. The number of nitrogens with zero attached hydrogens (tertiary/aromatic N) is 5. The summed E-state index contributed by atoms with van der Waals surface area (Å²) in [7, 11) is 0. The number of nitrogens with two attached hydrogens (primary N) is 1. The molecule has 1 aromatic carbocycles. The lowest BCUT2D eigenvalue weighted by atomic mass is 9.93. The molecular weight excluding hydrogens is 356 g/mol. The van der Waals surface area contributed by atoms with E-state index in [9.17, 15) is 4.79 Å². The van der Waals surface area contributed by atoms with Gasteiger partial charge in [-0.2, -0.15) is 0 Å². The van der Waals surface area contributed by atoms with Crippen molar-refractivity contribution in [3.63, 3.8) is 0 Å². The summed E-state index contributed by atoms with van der Waals surface area (Å²) in [5.41, 5.74) is 6.37. The van der Waals surface area contributed by atoms with Crippen molar-refractivity contribution in [2.75, 3.05) is 19.7 Å². The molecule has 2 heterocycles. The van der Waals surface area contributed by atoms with Crippen LogP contribution < -0.4 is 10.5 Å². The first-order valence-electron chi connectivity index (χ1n) is 9.86. The summed E-state index contributed by atoms with van der Waals surface area (Å²) in [6.07, 6.45) is 1.50. The number of rotatable bonds is 6. The lowest BCUT2D eigenvalue weighted by molar-refractivity contribution is -0.123. The molecule has 0 bridgehead atoms. The third-order valence-electron chi connectivity index (χ3n) is 5.18. The van der Waals surface area contributed by atoms with Crippen LogP contribution in [0.25, 0.3) is 0 Å². The van der Waals surface area contributed by atoms with E-state index in [-0.39, 0.29) is 23.4 Å². The number of piperidine rings is 1. The zero-order chi connectivity index (χ0) is 20.3. The number of amides is 1. The fourth-order valence-corrected chi connectivity index (χ4v) is 3.72. The van der Waals surface area contributed by atoms with Crippen LogP contribution in [-0.4, -0.2) is 50.7 Å². The van der Waals surface area contributed by atoms with Crippen molar-refractivity contribution in [2.24, 2.45) is 11.7 Å². The lowest BCUT2D eigenvalue weighted by Gasteiger charge is -2.37. The predicted octanol–water partition coefficient (Wildman–Crippen LogP) is 2.11. The first kappa shape index (κ1) is 20.3. The maximum Gasteiger partial charge on any atom is 0.220 e. The summed E-state index contributed by atoms with van der Waals surface area (Å²) in [5.74, 6) is 1.37. The van der Waals surface area contributed by atoms with E-state index in [2.05, 4.69) is 53.3 Å². The summed E-state index contributed by atoms with van der Waals surface area (Å²) in [6, 6.07) is 7.99. The Labute approximate surface area is 166 Å². The summed E-state index contributed by atoms with van der Waals surface area (Å²) in [4.78, 5) is 13.9. The fraction of sp³-hybridized carbons (Fsp3) is 0.600. The van der Waals surface area contributed by atoms with Gasteiger partial charge in [0.15, 0.2) is 5.82 Å². The van der Waals surface area contributed by atoms with E-state index in [4.69, 9.17) is 10.5 Å². The van der Waals surface area contributed by atoms with Crippen molar-refractivity contribution < 1.29 is 9.53 Å². The van der Waals surface area contributed by atoms with Crippen LogP contribution in [0.3, 0.4) is 0 Å². The summed E-state index contributed by atoms with van der Waals surface area (Å²) in [5, 5.41) is 12.6. The number of carbonyl (C=O) groups excluding carboxylic acids is 1. The minimum atomic E-state index is -0.242. The molecule has 1 fully saturated rings. The quantitative estimate of drug-likeness (QED) is 0.816. The number of tetrazole rings is 1. The molecule has 8 nitrogen and oxygen atoms in total. The van der Waals surface area contributed by atoms with Gasteiger partial charge in [0.2, 0.25) is 5.91 Å². The Morgan fingerprint density at radius 3 is 2.43 bits per heavy atom. The van der Waals surface area contributed by atoms with Crippen molar-refractivity contribution in [1.29, 1.82) is 0 Å². The Balaban J connectivity index is 1.95. The van der Waals surface area contributed by atoms with Gasteiger partial charge in [-0.1, -0.05) is 12.1 Å². The van der Waals surface area contributed by atoms with Gasteiger partial charge in [-0.05, 0) is 81.7 Å². The number of benzene rings is 1. The third kappa shape index (κ3) is 4.32. The van der Waals surface area contributed by atoms with Crippen molar-refractivity contribution in [2.45, 2.75) is 52.1 Å². The predicted molar refractivity (Wildman–Crippen MR) is 106 cm³/mol. The van der Waals surface area contributed by atoms with Gasteiger partial charge in [0.1, 0.15) is 5.75 Å². The molecule has 1 aliphatic heterocycles. The van der Waals surface area contributed by atoms with Gasteiger partial charge >= 0.3 is 0 Å². The topological polar surface area (TPSA) is 99.2 Å². The van der Waals surface area contributed by atoms with Crippen molar-refractivity contribution in [1.82, 2.24) is 25.1 Å². The maximum atomic E-state index is 11.6. The molecule has 1 unspecified atom stereocenters. The first-order chi connectivity index (χ1) is 13.3. The van der Waals surface area contributed by atoms with Crippen molar-refractivity contribution in [3.8, 4) is 5.75 Å². The molecule has 3 rings (SSSR count). The third-order valence-corrected chi connectivity index (χ3v) is 5.18. The van der Waals surface area contributed by atoms with E-state index in [1.165, 1.54) is 0 Å². The molecule has 1 aliphatic rings. The monoisotopic (exact) mass is 386 g/mol. The van der Waals surface area contributed by atoms with Crippen LogP contribution >= 0.6 is 0 Å². The van der Waals surface area contributed by atoms with Crippen LogP contribution in [-0.2, 0) is 10.3 Å². The molecule has 0 radical (unpaired) electrons. The van der Waals surface area contributed by atoms with Crippen LogP contribution in [0, 0.1) is 5.92 Å². The van der Waals surface area contributed by atoms with E-state index in [1.54, 1.807) is 0 Å². The number of likely N-dealkylation sites (tertiary alicyclic amines) is 1. The van der Waals surface area contributed by atoms with Gasteiger partial charge in [-0.25, -0.2) is 4.68 Å². The zero-order valence-corrected chi connectivity index (χ0v) is 17.1. The summed E-state index contributed by atoms with van der Waals surface area (Å²) in [6.45, 7) is 10.4. The molecule has 8 heteroatoms. The molecule has 0 aliphatic carbocycles. The van der Waals surface area contributed by atoms with Gasteiger partial charge in [-0.15, -0.1) is 5.10 Å². The Morgan fingerprint density at radius 1 is 1.25 bits per heavy atom. The Bertz CT molecular complexity index is 788. The number of ether oxygens (including phenoxy) is 1. The van der Waals surface area contributed by atoms with Crippen LogP contribution in [0.4, 0.5) is 0 Å². The van der Waals surface area contributed by atoms with E-state index >= 15 is 0 Å². The van der Waals surface area contributed by atoms with Gasteiger partial charge in [0.05, 0.1) is 18.2 Å². The van der Waals surface area contributed by atoms with Crippen molar-refractivity contribution in [3.05, 3.63) is 35.7 Å². The van der Waals surface area contributed by atoms with E-state index in [0.717, 1.165) is 43.1 Å². The second-order valence-electron chi connectivity index (χ2n) is 8.24. The van der Waals surface area contributed by atoms with Gasteiger partial charge in [0.25, 0.3) is 0 Å². The summed E-state index contributed by atoms with van der Waals surface area (Å²) >= 11 is 0. The maximum absolute atomic E-state index is 11.6. The zero-order valence-electron chi connectivity index (χ0n) is 17.1. The number of hydrogen-bond donors (Lipinski definition) is 1. The van der Waals surface area contributed by atoms with Crippen LogP contribution in [0.2, 0.25) is 0 Å². The molecule has 1 saturated heterocycles. The minimum absolute atomic E-state index is 0.0594. The van der Waals surface area contributed by atoms with E-state index in [0.29, 0.717) is 6.61 Å². The van der Waals surface area contributed by atoms with Crippen LogP contribution in [0.15, 0.2) is 24.3 Å². The lowest BCUT2D eigenvalue weighted by Crippen LogP contribution is -2.42. The van der Waals surface area contributed by atoms with Gasteiger partial charge in [0, 0.05) is 5.92 Å². The Morgan fingerprint density at radius 2 is 1.89 bits per heavy atom. The first-order valence-corrected chi connectivity index (χ1v) is 9.86. The molecule has 1 amide bonds. The molecule has 28 heavy (non-hydrogen) atoms.